The van der Waals surface area contributed by atoms with Gasteiger partial charge in [-0.3, -0.25) is 9.98 Å². The molecular formula is C18H24N4O. The number of methoxy groups -OCH3 is 1. The van der Waals surface area contributed by atoms with Crippen molar-refractivity contribution in [3.8, 4) is 0 Å². The van der Waals surface area contributed by atoms with E-state index in [4.69, 9.17) is 4.74 Å². The summed E-state index contributed by atoms with van der Waals surface area (Å²) in [6, 6.07) is 16.1. The zero-order valence-electron chi connectivity index (χ0n) is 13.7. The van der Waals surface area contributed by atoms with Crippen molar-refractivity contribution in [2.45, 2.75) is 12.5 Å². The van der Waals surface area contributed by atoms with Crippen LogP contribution in [0.5, 0.6) is 0 Å². The van der Waals surface area contributed by atoms with E-state index in [1.807, 2.05) is 42.6 Å². The molecule has 0 aliphatic heterocycles. The second kappa shape index (κ2) is 9.58. The summed E-state index contributed by atoms with van der Waals surface area (Å²) in [7, 11) is 3.48. The smallest absolute Gasteiger partial charge is 0.191 e. The molecule has 5 heteroatoms. The molecule has 0 aliphatic rings. The number of nitrogens with one attached hydrogen (secondary N) is 2. The average Bonchev–Trinajstić information content (AvgIpc) is 2.62. The molecule has 0 aliphatic carbocycles. The van der Waals surface area contributed by atoms with Crippen molar-refractivity contribution in [3.05, 3.63) is 66.0 Å². The molecule has 1 aromatic carbocycles. The molecule has 5 nitrogen and oxygen atoms in total. The Balaban J connectivity index is 1.78. The van der Waals surface area contributed by atoms with E-state index in [1.165, 1.54) is 0 Å². The van der Waals surface area contributed by atoms with Crippen molar-refractivity contribution in [2.75, 3.05) is 27.2 Å². The van der Waals surface area contributed by atoms with E-state index in [-0.39, 0.29) is 6.10 Å². The topological polar surface area (TPSA) is 58.5 Å². The van der Waals surface area contributed by atoms with Crippen LogP contribution in [-0.2, 0) is 11.2 Å². The number of rotatable bonds is 7. The third-order valence-electron chi connectivity index (χ3n) is 3.53. The third kappa shape index (κ3) is 5.71. The Kier molecular flexibility index (Phi) is 7.07. The second-order valence-corrected chi connectivity index (χ2v) is 5.09. The van der Waals surface area contributed by atoms with Gasteiger partial charge in [0.15, 0.2) is 5.96 Å². The molecule has 0 amide bonds. The van der Waals surface area contributed by atoms with Crippen LogP contribution >= 0.6 is 0 Å². The SMILES string of the molecule is CN=C(NCCc1ccccn1)NCC(OC)c1ccccc1. The summed E-state index contributed by atoms with van der Waals surface area (Å²) in [5, 5.41) is 6.59. The standard InChI is InChI=1S/C18H24N4O/c1-19-18(21-13-11-16-10-6-7-12-20-16)22-14-17(23-2)15-8-4-3-5-9-15/h3-10,12,17H,11,13-14H2,1-2H3,(H2,19,21,22). The van der Waals surface area contributed by atoms with Gasteiger partial charge in [0.05, 0.1) is 6.10 Å². The maximum absolute atomic E-state index is 5.55. The zero-order valence-corrected chi connectivity index (χ0v) is 13.7. The molecule has 0 saturated carbocycles. The van der Waals surface area contributed by atoms with Crippen molar-refractivity contribution in [3.63, 3.8) is 0 Å². The van der Waals surface area contributed by atoms with E-state index in [0.717, 1.165) is 30.2 Å². The fourth-order valence-electron chi connectivity index (χ4n) is 2.27. The van der Waals surface area contributed by atoms with Gasteiger partial charge in [-0.15, -0.1) is 0 Å². The van der Waals surface area contributed by atoms with Crippen LogP contribution in [0.15, 0.2) is 59.7 Å². The highest BCUT2D eigenvalue weighted by Gasteiger charge is 2.10. The molecule has 0 fully saturated rings. The molecule has 0 saturated heterocycles. The van der Waals surface area contributed by atoms with Crippen molar-refractivity contribution in [2.24, 2.45) is 4.99 Å². The molecule has 1 heterocycles. The first kappa shape index (κ1) is 17.0. The van der Waals surface area contributed by atoms with E-state index in [1.54, 1.807) is 14.2 Å². The lowest BCUT2D eigenvalue weighted by Crippen LogP contribution is -2.40. The van der Waals surface area contributed by atoms with Crippen molar-refractivity contribution in [1.29, 1.82) is 0 Å². The lowest BCUT2D eigenvalue weighted by Gasteiger charge is -2.18. The lowest BCUT2D eigenvalue weighted by molar-refractivity contribution is 0.106. The number of ether oxygens (including phenoxy) is 1. The normalized spacial score (nSPS) is 12.7. The maximum Gasteiger partial charge on any atom is 0.191 e. The monoisotopic (exact) mass is 312 g/mol. The Morgan fingerprint density at radius 1 is 1.13 bits per heavy atom. The number of hydrogen-bond donors (Lipinski definition) is 2. The molecule has 2 N–H and O–H groups in total. The van der Waals surface area contributed by atoms with Crippen LogP contribution in [0.3, 0.4) is 0 Å². The minimum atomic E-state index is -0.00876. The summed E-state index contributed by atoms with van der Waals surface area (Å²) >= 11 is 0. The van der Waals surface area contributed by atoms with Gasteiger partial charge in [0, 0.05) is 45.6 Å². The summed E-state index contributed by atoms with van der Waals surface area (Å²) in [5.41, 5.74) is 2.21. The molecule has 23 heavy (non-hydrogen) atoms. The number of aliphatic imine (C=N–C) groups is 1. The Labute approximate surface area is 137 Å². The van der Waals surface area contributed by atoms with E-state index in [0.29, 0.717) is 6.54 Å². The number of hydrogen-bond acceptors (Lipinski definition) is 3. The second-order valence-electron chi connectivity index (χ2n) is 5.09. The van der Waals surface area contributed by atoms with Crippen LogP contribution in [0.1, 0.15) is 17.4 Å². The molecule has 1 unspecified atom stereocenters. The number of benzene rings is 1. The zero-order chi connectivity index (χ0) is 16.3. The van der Waals surface area contributed by atoms with Gasteiger partial charge in [-0.1, -0.05) is 36.4 Å². The van der Waals surface area contributed by atoms with Crippen LogP contribution in [-0.4, -0.2) is 38.2 Å². The van der Waals surface area contributed by atoms with Crippen LogP contribution in [0, 0.1) is 0 Å². The first-order chi connectivity index (χ1) is 11.3. The summed E-state index contributed by atoms with van der Waals surface area (Å²) < 4.78 is 5.55. The quantitative estimate of drug-likeness (QED) is 0.608. The Bertz CT molecular complexity index is 586. The van der Waals surface area contributed by atoms with E-state index in [9.17, 15) is 0 Å². The molecule has 0 bridgehead atoms. The average molecular weight is 312 g/mol. The number of pyridine rings is 1. The first-order valence-corrected chi connectivity index (χ1v) is 7.75. The molecule has 2 aromatic rings. The number of guanidine groups is 1. The predicted molar refractivity (Wildman–Crippen MR) is 93.5 cm³/mol. The third-order valence-corrected chi connectivity index (χ3v) is 3.53. The predicted octanol–water partition coefficient (Wildman–Crippen LogP) is 2.18. The minimum Gasteiger partial charge on any atom is -0.375 e. The Morgan fingerprint density at radius 3 is 2.57 bits per heavy atom. The van der Waals surface area contributed by atoms with Gasteiger partial charge in [0.1, 0.15) is 0 Å². The highest BCUT2D eigenvalue weighted by Crippen LogP contribution is 2.14. The van der Waals surface area contributed by atoms with E-state index < -0.39 is 0 Å². The summed E-state index contributed by atoms with van der Waals surface area (Å²) in [5.74, 6) is 0.763. The van der Waals surface area contributed by atoms with E-state index in [2.05, 4.69) is 32.7 Å². The lowest BCUT2D eigenvalue weighted by atomic mass is 10.1. The van der Waals surface area contributed by atoms with Crippen molar-refractivity contribution in [1.82, 2.24) is 15.6 Å². The van der Waals surface area contributed by atoms with Gasteiger partial charge >= 0.3 is 0 Å². The highest BCUT2D eigenvalue weighted by atomic mass is 16.5. The van der Waals surface area contributed by atoms with E-state index >= 15 is 0 Å². The van der Waals surface area contributed by atoms with Gasteiger partial charge in [-0.05, 0) is 17.7 Å². The van der Waals surface area contributed by atoms with Crippen LogP contribution in [0.4, 0.5) is 0 Å². The van der Waals surface area contributed by atoms with Crippen molar-refractivity contribution >= 4 is 5.96 Å². The van der Waals surface area contributed by atoms with Crippen molar-refractivity contribution < 1.29 is 4.74 Å². The molecular weight excluding hydrogens is 288 g/mol. The fourth-order valence-corrected chi connectivity index (χ4v) is 2.27. The number of nitrogens with zero attached hydrogens (tertiary/aromatic N) is 2. The van der Waals surface area contributed by atoms with Gasteiger partial charge in [-0.25, -0.2) is 0 Å². The van der Waals surface area contributed by atoms with Gasteiger partial charge in [0.2, 0.25) is 0 Å². The maximum atomic E-state index is 5.55. The highest BCUT2D eigenvalue weighted by molar-refractivity contribution is 5.79. The molecule has 1 aromatic heterocycles. The summed E-state index contributed by atoms with van der Waals surface area (Å²) in [4.78, 5) is 8.55. The largest absolute Gasteiger partial charge is 0.375 e. The molecule has 0 radical (unpaired) electrons. The molecule has 122 valence electrons. The summed E-state index contributed by atoms with van der Waals surface area (Å²) in [6.07, 6.45) is 2.66. The first-order valence-electron chi connectivity index (χ1n) is 7.75. The number of aromatic nitrogens is 1. The molecule has 0 spiro atoms. The van der Waals surface area contributed by atoms with Crippen LogP contribution in [0.25, 0.3) is 0 Å². The molecule has 2 rings (SSSR count). The van der Waals surface area contributed by atoms with Crippen LogP contribution < -0.4 is 10.6 Å². The minimum absolute atomic E-state index is 0.00876. The van der Waals surface area contributed by atoms with Gasteiger partial charge < -0.3 is 15.4 Å². The Morgan fingerprint density at radius 2 is 1.91 bits per heavy atom. The fraction of sp³-hybridized carbons (Fsp3) is 0.333. The van der Waals surface area contributed by atoms with Gasteiger partial charge in [-0.2, -0.15) is 0 Å². The Hall–Kier alpha value is -2.40. The van der Waals surface area contributed by atoms with Gasteiger partial charge in [0.25, 0.3) is 0 Å². The molecule has 1 atom stereocenters. The van der Waals surface area contributed by atoms with Crippen LogP contribution in [0.2, 0.25) is 0 Å². The summed E-state index contributed by atoms with van der Waals surface area (Å²) in [6.45, 7) is 1.43.